The van der Waals surface area contributed by atoms with Gasteiger partial charge in [0.2, 0.25) is 12.2 Å². The Bertz CT molecular complexity index is 772. The van der Waals surface area contributed by atoms with Gasteiger partial charge in [0.1, 0.15) is 12.6 Å². The maximum atomic E-state index is 11.9. The molecule has 132 valence electrons. The van der Waals surface area contributed by atoms with Gasteiger partial charge in [-0.05, 0) is 22.4 Å². The molecular weight excluding hydrogens is 328 g/mol. The average molecular weight is 346 g/mol. The molecule has 1 aromatic heterocycles. The third kappa shape index (κ3) is 4.87. The number of nitro groups is 1. The lowest BCUT2D eigenvalue weighted by Gasteiger charge is -2.12. The van der Waals surface area contributed by atoms with E-state index in [-0.39, 0.29) is 24.0 Å². The summed E-state index contributed by atoms with van der Waals surface area (Å²) in [6.07, 6.45) is 1.34. The highest BCUT2D eigenvalue weighted by Gasteiger charge is 2.24. The standard InChI is InChI=1S/C16H18N4O5/c1-11(18-12(2)21)16(22)25-9-14-15(20(23)24)17-10-19(14)8-13-6-4-3-5-7-13/h3-7,10-11H,8-9H2,1-2H3,(H,18,21)/t11-/m0/s1. The van der Waals surface area contributed by atoms with Gasteiger partial charge in [-0.3, -0.25) is 4.79 Å². The van der Waals surface area contributed by atoms with E-state index in [9.17, 15) is 19.7 Å². The first-order valence-corrected chi connectivity index (χ1v) is 7.54. The molecule has 0 aliphatic carbocycles. The number of carbonyl (C=O) groups is 2. The molecule has 0 bridgehead atoms. The van der Waals surface area contributed by atoms with E-state index in [2.05, 4.69) is 10.3 Å². The Hall–Kier alpha value is -3.23. The molecule has 9 nitrogen and oxygen atoms in total. The Morgan fingerprint density at radius 2 is 2.04 bits per heavy atom. The van der Waals surface area contributed by atoms with Crippen LogP contribution in [0.25, 0.3) is 0 Å². The quantitative estimate of drug-likeness (QED) is 0.460. The molecule has 9 heteroatoms. The van der Waals surface area contributed by atoms with Gasteiger partial charge in [0.25, 0.3) is 0 Å². The van der Waals surface area contributed by atoms with Crippen LogP contribution in [0.3, 0.4) is 0 Å². The molecule has 0 fully saturated rings. The summed E-state index contributed by atoms with van der Waals surface area (Å²) in [7, 11) is 0. The van der Waals surface area contributed by atoms with E-state index in [1.807, 2.05) is 30.3 Å². The van der Waals surface area contributed by atoms with E-state index < -0.39 is 16.9 Å². The van der Waals surface area contributed by atoms with Gasteiger partial charge in [-0.15, -0.1) is 0 Å². The van der Waals surface area contributed by atoms with Crippen LogP contribution in [0.5, 0.6) is 0 Å². The second-order valence-corrected chi connectivity index (χ2v) is 5.42. The zero-order chi connectivity index (χ0) is 18.4. The number of hydrogen-bond acceptors (Lipinski definition) is 6. The van der Waals surface area contributed by atoms with Crippen LogP contribution in [-0.4, -0.2) is 32.4 Å². The van der Waals surface area contributed by atoms with E-state index >= 15 is 0 Å². The summed E-state index contributed by atoms with van der Waals surface area (Å²) in [5.41, 5.74) is 1.10. The lowest BCUT2D eigenvalue weighted by atomic mass is 10.2. The first-order valence-electron chi connectivity index (χ1n) is 7.54. The molecule has 2 aromatic rings. The highest BCUT2D eigenvalue weighted by atomic mass is 16.6. The zero-order valence-corrected chi connectivity index (χ0v) is 13.8. The lowest BCUT2D eigenvalue weighted by Crippen LogP contribution is -2.38. The normalized spacial score (nSPS) is 11.6. The molecule has 1 amide bonds. The molecule has 0 aliphatic heterocycles. The molecule has 1 heterocycles. The third-order valence-corrected chi connectivity index (χ3v) is 3.42. The highest BCUT2D eigenvalue weighted by molar-refractivity contribution is 5.82. The van der Waals surface area contributed by atoms with Crippen LogP contribution < -0.4 is 5.32 Å². The van der Waals surface area contributed by atoms with E-state index in [0.29, 0.717) is 6.54 Å². The number of hydrogen-bond donors (Lipinski definition) is 1. The van der Waals surface area contributed by atoms with Crippen LogP contribution in [0.2, 0.25) is 0 Å². The molecule has 0 spiro atoms. The SMILES string of the molecule is CC(=O)N[C@@H](C)C(=O)OCc1c([N+](=O)[O-])ncn1Cc1ccccc1. The van der Waals surface area contributed by atoms with Gasteiger partial charge in [-0.2, -0.15) is 0 Å². The number of esters is 1. The first kappa shape index (κ1) is 18.1. The minimum absolute atomic E-state index is 0.178. The summed E-state index contributed by atoms with van der Waals surface area (Å²) >= 11 is 0. The molecule has 25 heavy (non-hydrogen) atoms. The summed E-state index contributed by atoms with van der Waals surface area (Å²) < 4.78 is 6.66. The molecule has 0 radical (unpaired) electrons. The van der Waals surface area contributed by atoms with Crippen LogP contribution in [0.15, 0.2) is 36.7 Å². The minimum Gasteiger partial charge on any atom is -0.457 e. The molecule has 1 aromatic carbocycles. The number of imidazole rings is 1. The van der Waals surface area contributed by atoms with Gasteiger partial charge >= 0.3 is 11.8 Å². The largest absolute Gasteiger partial charge is 0.457 e. The second kappa shape index (κ2) is 8.04. The smallest absolute Gasteiger partial charge is 0.388 e. The highest BCUT2D eigenvalue weighted by Crippen LogP contribution is 2.19. The zero-order valence-electron chi connectivity index (χ0n) is 13.8. The van der Waals surface area contributed by atoms with Crippen LogP contribution in [-0.2, 0) is 27.5 Å². The van der Waals surface area contributed by atoms with E-state index in [1.54, 1.807) is 4.57 Å². The first-order chi connectivity index (χ1) is 11.9. The summed E-state index contributed by atoms with van der Waals surface area (Å²) in [5, 5.41) is 13.5. The predicted octanol–water partition coefficient (Wildman–Crippen LogP) is 1.41. The van der Waals surface area contributed by atoms with Crippen molar-refractivity contribution in [2.75, 3.05) is 0 Å². The van der Waals surface area contributed by atoms with Crippen molar-refractivity contribution in [3.05, 3.63) is 58.0 Å². The van der Waals surface area contributed by atoms with Crippen molar-refractivity contribution < 1.29 is 19.2 Å². The number of rotatable bonds is 7. The molecule has 0 aliphatic rings. The molecule has 2 rings (SSSR count). The molecule has 0 unspecified atom stereocenters. The Balaban J connectivity index is 2.14. The average Bonchev–Trinajstić information content (AvgIpc) is 2.95. The van der Waals surface area contributed by atoms with Crippen molar-refractivity contribution in [3.8, 4) is 0 Å². The number of amides is 1. The van der Waals surface area contributed by atoms with Crippen molar-refractivity contribution in [1.82, 2.24) is 14.9 Å². The van der Waals surface area contributed by atoms with E-state index in [4.69, 9.17) is 4.74 Å². The molecule has 1 atom stereocenters. The van der Waals surface area contributed by atoms with Crippen LogP contribution in [0.4, 0.5) is 5.82 Å². The molecule has 0 saturated carbocycles. The Morgan fingerprint density at radius 1 is 1.36 bits per heavy atom. The lowest BCUT2D eigenvalue weighted by molar-refractivity contribution is -0.390. The number of carbonyl (C=O) groups excluding carboxylic acids is 2. The van der Waals surface area contributed by atoms with E-state index in [1.165, 1.54) is 20.2 Å². The van der Waals surface area contributed by atoms with Crippen molar-refractivity contribution in [3.63, 3.8) is 0 Å². The topological polar surface area (TPSA) is 116 Å². The second-order valence-electron chi connectivity index (χ2n) is 5.42. The monoisotopic (exact) mass is 346 g/mol. The van der Waals surface area contributed by atoms with Gasteiger partial charge in [0, 0.05) is 6.92 Å². The van der Waals surface area contributed by atoms with Gasteiger partial charge in [-0.1, -0.05) is 30.3 Å². The van der Waals surface area contributed by atoms with Gasteiger partial charge in [-0.25, -0.2) is 4.79 Å². The molecule has 1 N–H and O–H groups in total. The summed E-state index contributed by atoms with van der Waals surface area (Å²) in [5.74, 6) is -1.42. The number of ether oxygens (including phenoxy) is 1. The number of aromatic nitrogens is 2. The van der Waals surface area contributed by atoms with E-state index in [0.717, 1.165) is 5.56 Å². The minimum atomic E-state index is -0.845. The maximum Gasteiger partial charge on any atom is 0.388 e. The van der Waals surface area contributed by atoms with Crippen molar-refractivity contribution in [2.24, 2.45) is 0 Å². The van der Waals surface area contributed by atoms with Crippen LogP contribution in [0.1, 0.15) is 25.1 Å². The molecular formula is C16H18N4O5. The fourth-order valence-electron chi connectivity index (χ4n) is 2.24. The van der Waals surface area contributed by atoms with Gasteiger partial charge in [0.15, 0.2) is 5.69 Å². The van der Waals surface area contributed by atoms with Gasteiger partial charge < -0.3 is 24.7 Å². The summed E-state index contributed by atoms with van der Waals surface area (Å²) in [6, 6.07) is 8.49. The van der Waals surface area contributed by atoms with Crippen molar-refractivity contribution >= 4 is 17.7 Å². The Kier molecular flexibility index (Phi) is 5.83. The predicted molar refractivity (Wildman–Crippen MR) is 87.5 cm³/mol. The van der Waals surface area contributed by atoms with Gasteiger partial charge in [0.05, 0.1) is 6.54 Å². The Morgan fingerprint density at radius 3 is 2.64 bits per heavy atom. The van der Waals surface area contributed by atoms with Crippen molar-refractivity contribution in [1.29, 1.82) is 0 Å². The van der Waals surface area contributed by atoms with Crippen molar-refractivity contribution in [2.45, 2.75) is 33.0 Å². The number of nitrogens with one attached hydrogen (secondary N) is 1. The van der Waals surface area contributed by atoms with Crippen LogP contribution in [0, 0.1) is 10.1 Å². The fraction of sp³-hybridized carbons (Fsp3) is 0.312. The fourth-order valence-corrected chi connectivity index (χ4v) is 2.24. The summed E-state index contributed by atoms with van der Waals surface area (Å²) in [4.78, 5) is 37.2. The maximum absolute atomic E-state index is 11.9. The number of nitrogens with zero attached hydrogens (tertiary/aromatic N) is 3. The Labute approximate surface area is 143 Å². The van der Waals surface area contributed by atoms with Crippen LogP contribution >= 0.6 is 0 Å². The summed E-state index contributed by atoms with van der Waals surface area (Å²) in [6.45, 7) is 2.80. The third-order valence-electron chi connectivity index (χ3n) is 3.42. The molecule has 0 saturated heterocycles. The number of benzene rings is 1.